The molecular formula is C20H23NO5. The van der Waals surface area contributed by atoms with Crippen molar-refractivity contribution in [3.63, 3.8) is 0 Å². The monoisotopic (exact) mass is 357 g/mol. The maximum atomic E-state index is 11.9. The van der Waals surface area contributed by atoms with E-state index in [0.29, 0.717) is 30.0 Å². The number of carbonyl (C=O) groups is 3. The van der Waals surface area contributed by atoms with Gasteiger partial charge in [-0.05, 0) is 30.7 Å². The molecule has 1 aliphatic heterocycles. The Morgan fingerprint density at radius 3 is 2.50 bits per heavy atom. The van der Waals surface area contributed by atoms with Crippen molar-refractivity contribution in [3.8, 4) is 0 Å². The minimum absolute atomic E-state index is 0.0680. The molecule has 26 heavy (non-hydrogen) atoms. The molecule has 2 rings (SSSR count). The van der Waals surface area contributed by atoms with Crippen LogP contribution < -0.4 is 5.32 Å². The van der Waals surface area contributed by atoms with Gasteiger partial charge in [-0.25, -0.2) is 9.59 Å². The number of esters is 2. The Labute approximate surface area is 152 Å². The molecule has 0 saturated heterocycles. The normalized spacial score (nSPS) is 15.5. The van der Waals surface area contributed by atoms with Crippen LogP contribution in [0.3, 0.4) is 0 Å². The Morgan fingerprint density at radius 1 is 1.15 bits per heavy atom. The van der Waals surface area contributed by atoms with E-state index in [1.54, 1.807) is 31.2 Å². The number of allylic oxidation sites excluding steroid dienone is 2. The van der Waals surface area contributed by atoms with Gasteiger partial charge >= 0.3 is 11.9 Å². The summed E-state index contributed by atoms with van der Waals surface area (Å²) in [6, 6.07) is 6.59. The second-order valence-electron chi connectivity index (χ2n) is 5.84. The van der Waals surface area contributed by atoms with Crippen LogP contribution >= 0.6 is 0 Å². The van der Waals surface area contributed by atoms with Crippen LogP contribution in [0.25, 0.3) is 0 Å². The minimum atomic E-state index is -0.672. The van der Waals surface area contributed by atoms with E-state index in [0.717, 1.165) is 19.3 Å². The number of ketones is 1. The third kappa shape index (κ3) is 5.31. The van der Waals surface area contributed by atoms with Crippen LogP contribution in [0.4, 0.5) is 5.69 Å². The molecule has 1 aliphatic rings. The molecule has 0 fully saturated rings. The van der Waals surface area contributed by atoms with Crippen LogP contribution in [0.15, 0.2) is 47.9 Å². The lowest BCUT2D eigenvalue weighted by molar-refractivity contribution is -0.137. The Balaban J connectivity index is 1.95. The third-order valence-corrected chi connectivity index (χ3v) is 3.83. The molecule has 0 aliphatic carbocycles. The van der Waals surface area contributed by atoms with Gasteiger partial charge in [-0.1, -0.05) is 26.7 Å². The summed E-state index contributed by atoms with van der Waals surface area (Å²) >= 11 is 0. The molecule has 0 radical (unpaired) electrons. The highest BCUT2D eigenvalue weighted by molar-refractivity contribution is 6.23. The largest absolute Gasteiger partial charge is 0.462 e. The van der Waals surface area contributed by atoms with E-state index in [-0.39, 0.29) is 11.5 Å². The van der Waals surface area contributed by atoms with Gasteiger partial charge in [0, 0.05) is 24.4 Å². The summed E-state index contributed by atoms with van der Waals surface area (Å²) in [5.41, 5.74) is 1.01. The molecular weight excluding hydrogens is 334 g/mol. The summed E-state index contributed by atoms with van der Waals surface area (Å²) in [4.78, 5) is 35.7. The average molecular weight is 357 g/mol. The smallest absolute Gasteiger partial charge is 0.348 e. The van der Waals surface area contributed by atoms with Crippen LogP contribution in [-0.4, -0.2) is 24.3 Å². The van der Waals surface area contributed by atoms with Crippen molar-refractivity contribution in [3.05, 3.63) is 53.4 Å². The van der Waals surface area contributed by atoms with Crippen LogP contribution in [-0.2, 0) is 19.1 Å². The van der Waals surface area contributed by atoms with E-state index in [9.17, 15) is 14.4 Å². The first-order valence-corrected chi connectivity index (χ1v) is 8.76. The van der Waals surface area contributed by atoms with Crippen molar-refractivity contribution in [2.24, 2.45) is 0 Å². The lowest BCUT2D eigenvalue weighted by atomic mass is 10.1. The number of hydrogen-bond acceptors (Lipinski definition) is 6. The van der Waals surface area contributed by atoms with Gasteiger partial charge in [0.25, 0.3) is 0 Å². The number of rotatable bonds is 8. The second-order valence-corrected chi connectivity index (χ2v) is 5.84. The topological polar surface area (TPSA) is 81.7 Å². The predicted molar refractivity (Wildman–Crippen MR) is 97.4 cm³/mol. The van der Waals surface area contributed by atoms with Crippen molar-refractivity contribution in [2.45, 2.75) is 39.5 Å². The first-order chi connectivity index (χ1) is 12.5. The summed E-state index contributed by atoms with van der Waals surface area (Å²) in [7, 11) is 0. The Morgan fingerprint density at radius 2 is 1.88 bits per heavy atom. The first kappa shape index (κ1) is 19.4. The summed E-state index contributed by atoms with van der Waals surface area (Å²) in [5.74, 6) is -1.07. The fourth-order valence-electron chi connectivity index (χ4n) is 2.29. The molecule has 1 heterocycles. The molecule has 1 aromatic carbocycles. The number of carbonyl (C=O) groups excluding carboxylic acids is 3. The van der Waals surface area contributed by atoms with Gasteiger partial charge in [-0.2, -0.15) is 0 Å². The molecule has 0 spiro atoms. The van der Waals surface area contributed by atoms with E-state index >= 15 is 0 Å². The average Bonchev–Trinajstić information content (AvgIpc) is 2.64. The highest BCUT2D eigenvalue weighted by Gasteiger charge is 2.25. The van der Waals surface area contributed by atoms with Crippen LogP contribution in [0.5, 0.6) is 0 Å². The SMILES string of the molecule is CCCCCOC(=O)c1ccc(NC=C2C(=O)C=C(CC)OC2=O)cc1. The molecule has 1 aromatic rings. The Kier molecular flexibility index (Phi) is 7.14. The lowest BCUT2D eigenvalue weighted by Crippen LogP contribution is -2.21. The molecule has 0 bridgehead atoms. The fourth-order valence-corrected chi connectivity index (χ4v) is 2.29. The second kappa shape index (κ2) is 9.56. The number of anilines is 1. The van der Waals surface area contributed by atoms with Gasteiger partial charge in [0.1, 0.15) is 11.3 Å². The molecule has 0 saturated carbocycles. The molecule has 0 unspecified atom stereocenters. The maximum absolute atomic E-state index is 11.9. The molecule has 6 heteroatoms. The number of benzene rings is 1. The molecule has 0 aromatic heterocycles. The van der Waals surface area contributed by atoms with Gasteiger partial charge in [0.2, 0.25) is 0 Å². The standard InChI is InChI=1S/C20H23NO5/c1-3-5-6-11-25-19(23)14-7-9-15(10-8-14)21-13-17-18(22)12-16(4-2)26-20(17)24/h7-10,12-13,21H,3-6,11H2,1-2H3. The molecule has 6 nitrogen and oxygen atoms in total. The number of ether oxygens (including phenoxy) is 2. The fraction of sp³-hybridized carbons (Fsp3) is 0.350. The summed E-state index contributed by atoms with van der Waals surface area (Å²) < 4.78 is 10.2. The zero-order chi connectivity index (χ0) is 18.9. The van der Waals surface area contributed by atoms with Crippen LogP contribution in [0, 0.1) is 0 Å². The van der Waals surface area contributed by atoms with Crippen molar-refractivity contribution in [1.82, 2.24) is 0 Å². The van der Waals surface area contributed by atoms with E-state index in [1.807, 2.05) is 0 Å². The first-order valence-electron chi connectivity index (χ1n) is 8.76. The van der Waals surface area contributed by atoms with Crippen molar-refractivity contribution >= 4 is 23.4 Å². The predicted octanol–water partition coefficient (Wildman–Crippen LogP) is 3.75. The highest BCUT2D eigenvalue weighted by atomic mass is 16.5. The van der Waals surface area contributed by atoms with Crippen molar-refractivity contribution in [1.29, 1.82) is 0 Å². The van der Waals surface area contributed by atoms with Crippen LogP contribution in [0.1, 0.15) is 49.9 Å². The van der Waals surface area contributed by atoms with Gasteiger partial charge in [-0.15, -0.1) is 0 Å². The summed E-state index contributed by atoms with van der Waals surface area (Å²) in [6.45, 7) is 4.30. The third-order valence-electron chi connectivity index (χ3n) is 3.83. The van der Waals surface area contributed by atoms with E-state index < -0.39 is 11.8 Å². The minimum Gasteiger partial charge on any atom is -0.462 e. The Hall–Kier alpha value is -2.89. The van der Waals surface area contributed by atoms with E-state index in [1.165, 1.54) is 12.3 Å². The van der Waals surface area contributed by atoms with Gasteiger partial charge in [0.05, 0.1) is 12.2 Å². The zero-order valence-electron chi connectivity index (χ0n) is 15.0. The van der Waals surface area contributed by atoms with Crippen molar-refractivity contribution < 1.29 is 23.9 Å². The quantitative estimate of drug-likeness (QED) is 0.330. The number of unbranched alkanes of at least 4 members (excludes halogenated alkanes) is 2. The molecule has 1 N–H and O–H groups in total. The number of nitrogens with one attached hydrogen (secondary N) is 1. The van der Waals surface area contributed by atoms with E-state index in [4.69, 9.17) is 9.47 Å². The van der Waals surface area contributed by atoms with Gasteiger partial charge in [-0.3, -0.25) is 4.79 Å². The summed E-state index contributed by atoms with van der Waals surface area (Å²) in [6.07, 6.45) is 6.06. The molecule has 138 valence electrons. The lowest BCUT2D eigenvalue weighted by Gasteiger charge is -2.13. The van der Waals surface area contributed by atoms with Crippen molar-refractivity contribution in [2.75, 3.05) is 11.9 Å². The molecule has 0 amide bonds. The Bertz CT molecular complexity index is 731. The zero-order valence-corrected chi connectivity index (χ0v) is 15.0. The van der Waals surface area contributed by atoms with E-state index in [2.05, 4.69) is 12.2 Å². The molecule has 0 atom stereocenters. The summed E-state index contributed by atoms with van der Waals surface area (Å²) in [5, 5.41) is 2.87. The number of cyclic esters (lactones) is 1. The maximum Gasteiger partial charge on any atom is 0.348 e. The highest BCUT2D eigenvalue weighted by Crippen LogP contribution is 2.17. The van der Waals surface area contributed by atoms with Gasteiger partial charge in [0.15, 0.2) is 5.78 Å². The van der Waals surface area contributed by atoms with Gasteiger partial charge < -0.3 is 14.8 Å². The van der Waals surface area contributed by atoms with Crippen LogP contribution in [0.2, 0.25) is 0 Å². The number of hydrogen-bond donors (Lipinski definition) is 1.